The van der Waals surface area contributed by atoms with E-state index in [0.29, 0.717) is 5.92 Å². The van der Waals surface area contributed by atoms with Crippen LogP contribution in [0.25, 0.3) is 0 Å². The molecule has 1 unspecified atom stereocenters. The minimum atomic E-state index is -0.0576. The molecule has 0 saturated carbocycles. The number of hydrogen-bond acceptors (Lipinski definition) is 2. The third-order valence-electron chi connectivity index (χ3n) is 3.14. The van der Waals surface area contributed by atoms with Crippen molar-refractivity contribution in [2.24, 2.45) is 11.3 Å². The Morgan fingerprint density at radius 3 is 2.75 bits per heavy atom. The number of ether oxygens (including phenoxy) is 1. The van der Waals surface area contributed by atoms with Crippen LogP contribution >= 0.6 is 0 Å². The molecule has 0 radical (unpaired) electrons. The fourth-order valence-corrected chi connectivity index (χ4v) is 2.41. The summed E-state index contributed by atoms with van der Waals surface area (Å²) in [6.45, 7) is 8.97. The van der Waals surface area contributed by atoms with Gasteiger partial charge < -0.3 is 10.1 Å². The van der Waals surface area contributed by atoms with Crippen molar-refractivity contribution in [3.05, 3.63) is 23.1 Å². The highest BCUT2D eigenvalue weighted by molar-refractivity contribution is 5.81. The van der Waals surface area contributed by atoms with Gasteiger partial charge in [0, 0.05) is 6.42 Å². The summed E-state index contributed by atoms with van der Waals surface area (Å²) in [5.74, 6) is 1.35. The Morgan fingerprint density at radius 1 is 1.44 bits per heavy atom. The number of amides is 1. The maximum absolute atomic E-state index is 11.3. The van der Waals surface area contributed by atoms with E-state index < -0.39 is 0 Å². The SMILES string of the molecule is CC1CC2=C(C=C1C(C)(C)C)NC(=O)CO2. The smallest absolute Gasteiger partial charge is 0.262 e. The maximum atomic E-state index is 11.3. The Bertz CT molecular complexity index is 385. The topological polar surface area (TPSA) is 38.3 Å². The molecule has 0 saturated heterocycles. The number of hydrogen-bond donors (Lipinski definition) is 1. The molecule has 0 aromatic heterocycles. The number of nitrogens with one attached hydrogen (secondary N) is 1. The molecule has 1 heterocycles. The van der Waals surface area contributed by atoms with Crippen LogP contribution in [0.1, 0.15) is 34.1 Å². The summed E-state index contributed by atoms with van der Waals surface area (Å²) in [4.78, 5) is 11.3. The second-order valence-corrected chi connectivity index (χ2v) is 5.63. The van der Waals surface area contributed by atoms with Crippen molar-refractivity contribution in [1.82, 2.24) is 5.32 Å². The van der Waals surface area contributed by atoms with E-state index in [0.717, 1.165) is 17.9 Å². The van der Waals surface area contributed by atoms with Crippen molar-refractivity contribution in [3.63, 3.8) is 0 Å². The highest BCUT2D eigenvalue weighted by Gasteiger charge is 2.30. The predicted octanol–water partition coefficient (Wildman–Crippen LogP) is 2.36. The molecule has 16 heavy (non-hydrogen) atoms. The molecule has 1 N–H and O–H groups in total. The van der Waals surface area contributed by atoms with Gasteiger partial charge in [-0.25, -0.2) is 0 Å². The van der Waals surface area contributed by atoms with Gasteiger partial charge in [-0.3, -0.25) is 4.79 Å². The van der Waals surface area contributed by atoms with Gasteiger partial charge in [-0.2, -0.15) is 0 Å². The molecule has 0 aromatic rings. The maximum Gasteiger partial charge on any atom is 0.262 e. The average molecular weight is 221 g/mol. The van der Waals surface area contributed by atoms with Gasteiger partial charge in [-0.05, 0) is 17.4 Å². The first-order chi connectivity index (χ1) is 7.38. The van der Waals surface area contributed by atoms with E-state index in [2.05, 4.69) is 39.1 Å². The largest absolute Gasteiger partial charge is 0.486 e. The minimum absolute atomic E-state index is 0.0576. The van der Waals surface area contributed by atoms with Crippen LogP contribution < -0.4 is 5.32 Å². The van der Waals surface area contributed by atoms with Gasteiger partial charge in [0.05, 0.1) is 5.70 Å². The Kier molecular flexibility index (Phi) is 2.56. The van der Waals surface area contributed by atoms with E-state index >= 15 is 0 Å². The van der Waals surface area contributed by atoms with Crippen LogP contribution in [0.5, 0.6) is 0 Å². The highest BCUT2D eigenvalue weighted by atomic mass is 16.5. The predicted molar refractivity (Wildman–Crippen MR) is 62.4 cm³/mol. The van der Waals surface area contributed by atoms with E-state index in [1.807, 2.05) is 0 Å². The van der Waals surface area contributed by atoms with Crippen LogP contribution in [-0.4, -0.2) is 12.5 Å². The van der Waals surface area contributed by atoms with E-state index in [1.165, 1.54) is 5.57 Å². The molecule has 0 bridgehead atoms. The second kappa shape index (κ2) is 3.65. The third kappa shape index (κ3) is 1.99. The van der Waals surface area contributed by atoms with Crippen LogP contribution in [0.3, 0.4) is 0 Å². The molecular weight excluding hydrogens is 202 g/mol. The Hall–Kier alpha value is -1.25. The lowest BCUT2D eigenvalue weighted by Crippen LogP contribution is -2.35. The lowest BCUT2D eigenvalue weighted by molar-refractivity contribution is -0.125. The van der Waals surface area contributed by atoms with Gasteiger partial charge >= 0.3 is 0 Å². The average Bonchev–Trinajstić information content (AvgIpc) is 2.16. The van der Waals surface area contributed by atoms with Crippen molar-refractivity contribution in [3.8, 4) is 0 Å². The van der Waals surface area contributed by atoms with Gasteiger partial charge in [0.15, 0.2) is 6.61 Å². The third-order valence-corrected chi connectivity index (χ3v) is 3.14. The van der Waals surface area contributed by atoms with Gasteiger partial charge in [-0.15, -0.1) is 0 Å². The van der Waals surface area contributed by atoms with Gasteiger partial charge in [0.2, 0.25) is 0 Å². The molecular formula is C13H19NO2. The quantitative estimate of drug-likeness (QED) is 0.682. The molecule has 3 nitrogen and oxygen atoms in total. The summed E-state index contributed by atoms with van der Waals surface area (Å²) in [6, 6.07) is 0. The lowest BCUT2D eigenvalue weighted by Gasteiger charge is -2.34. The molecule has 1 aliphatic heterocycles. The Labute approximate surface area is 96.6 Å². The summed E-state index contributed by atoms with van der Waals surface area (Å²) in [6.07, 6.45) is 2.97. The molecule has 3 heteroatoms. The summed E-state index contributed by atoms with van der Waals surface area (Å²) >= 11 is 0. The van der Waals surface area contributed by atoms with Gasteiger partial charge in [0.1, 0.15) is 5.76 Å². The summed E-state index contributed by atoms with van der Waals surface area (Å²) < 4.78 is 5.45. The van der Waals surface area contributed by atoms with Crippen molar-refractivity contribution in [2.75, 3.05) is 6.61 Å². The first-order valence-corrected chi connectivity index (χ1v) is 5.76. The van der Waals surface area contributed by atoms with Crippen LogP contribution in [0.2, 0.25) is 0 Å². The van der Waals surface area contributed by atoms with E-state index in [4.69, 9.17) is 4.74 Å². The van der Waals surface area contributed by atoms with Crippen molar-refractivity contribution in [2.45, 2.75) is 34.1 Å². The summed E-state index contributed by atoms with van der Waals surface area (Å²) in [5, 5.41) is 2.88. The van der Waals surface area contributed by atoms with Gasteiger partial charge in [-0.1, -0.05) is 33.3 Å². The zero-order valence-corrected chi connectivity index (χ0v) is 10.4. The fourth-order valence-electron chi connectivity index (χ4n) is 2.41. The van der Waals surface area contributed by atoms with Crippen molar-refractivity contribution < 1.29 is 9.53 Å². The Morgan fingerprint density at radius 2 is 2.12 bits per heavy atom. The van der Waals surface area contributed by atoms with E-state index in [1.54, 1.807) is 0 Å². The number of carbonyl (C=O) groups excluding carboxylic acids is 1. The normalized spacial score (nSPS) is 25.6. The number of rotatable bonds is 0. The van der Waals surface area contributed by atoms with Gasteiger partial charge in [0.25, 0.3) is 5.91 Å². The molecule has 2 aliphatic rings. The summed E-state index contributed by atoms with van der Waals surface area (Å²) in [5.41, 5.74) is 2.37. The first-order valence-electron chi connectivity index (χ1n) is 5.76. The zero-order valence-electron chi connectivity index (χ0n) is 10.4. The first kappa shape index (κ1) is 11.2. The molecule has 0 fully saturated rings. The van der Waals surface area contributed by atoms with Crippen LogP contribution in [-0.2, 0) is 9.53 Å². The summed E-state index contributed by atoms with van der Waals surface area (Å²) in [7, 11) is 0. The van der Waals surface area contributed by atoms with Crippen LogP contribution in [0.15, 0.2) is 23.1 Å². The lowest BCUT2D eigenvalue weighted by atomic mass is 9.75. The van der Waals surface area contributed by atoms with Crippen LogP contribution in [0.4, 0.5) is 0 Å². The molecule has 0 aromatic carbocycles. The second-order valence-electron chi connectivity index (χ2n) is 5.63. The van der Waals surface area contributed by atoms with Crippen molar-refractivity contribution >= 4 is 5.91 Å². The molecule has 1 amide bonds. The fraction of sp³-hybridized carbons (Fsp3) is 0.615. The molecule has 1 atom stereocenters. The van der Waals surface area contributed by atoms with E-state index in [9.17, 15) is 4.79 Å². The standard InChI is InChI=1S/C13H19NO2/c1-8-5-11-10(14-12(15)7-16-11)6-9(8)13(2,3)4/h6,8H,5,7H2,1-4H3,(H,14,15). The zero-order chi connectivity index (χ0) is 11.9. The van der Waals surface area contributed by atoms with E-state index in [-0.39, 0.29) is 17.9 Å². The molecule has 88 valence electrons. The molecule has 0 spiro atoms. The van der Waals surface area contributed by atoms with Crippen molar-refractivity contribution in [1.29, 1.82) is 0 Å². The highest BCUT2D eigenvalue weighted by Crippen LogP contribution is 2.39. The Balaban J connectivity index is 2.35. The number of carbonyl (C=O) groups is 1. The molecule has 1 aliphatic carbocycles. The minimum Gasteiger partial charge on any atom is -0.486 e. The van der Waals surface area contributed by atoms with Crippen LogP contribution in [0, 0.1) is 11.3 Å². The molecule has 2 rings (SSSR count). The monoisotopic (exact) mass is 221 g/mol. The number of allylic oxidation sites excluding steroid dienone is 3.